The number of rotatable bonds is 16. The summed E-state index contributed by atoms with van der Waals surface area (Å²) in [7, 11) is 9.86. The molecule has 4 saturated heterocycles. The topological polar surface area (TPSA) is 209 Å². The summed E-state index contributed by atoms with van der Waals surface area (Å²) in [6, 6.07) is 14.2. The van der Waals surface area contributed by atoms with Gasteiger partial charge in [-0.05, 0) is 98.7 Å². The molecule has 4 fully saturated rings. The van der Waals surface area contributed by atoms with Crippen LogP contribution in [0, 0.1) is 29.6 Å². The van der Waals surface area contributed by atoms with Gasteiger partial charge in [0.05, 0.1) is 56.2 Å². The number of nitrogens with zero attached hydrogens (tertiary/aromatic N) is 1. The van der Waals surface area contributed by atoms with Crippen LogP contribution in [0.15, 0.2) is 53.4 Å². The molecule has 2 aromatic carbocycles. The average molecular weight is 1120 g/mol. The maximum Gasteiger partial charge on any atom is 0.509 e. The molecule has 19 atom stereocenters. The van der Waals surface area contributed by atoms with E-state index in [4.69, 9.17) is 61.6 Å². The van der Waals surface area contributed by atoms with Gasteiger partial charge in [-0.1, -0.05) is 58.0 Å². The van der Waals surface area contributed by atoms with Gasteiger partial charge in [0, 0.05) is 56.1 Å². The average Bonchev–Trinajstić information content (AvgIpc) is 3.80. The first kappa shape index (κ1) is 62.7. The van der Waals surface area contributed by atoms with Crippen molar-refractivity contribution in [1.29, 1.82) is 0 Å². The van der Waals surface area contributed by atoms with Gasteiger partial charge in [-0.2, -0.15) is 0 Å². The second-order valence-electron chi connectivity index (χ2n) is 22.3. The lowest BCUT2D eigenvalue weighted by molar-refractivity contribution is -0.320. The number of carbonyl (C=O) groups excluding carboxylic acids is 5. The van der Waals surface area contributed by atoms with Crippen molar-refractivity contribution in [2.24, 2.45) is 29.6 Å². The van der Waals surface area contributed by atoms with E-state index in [0.717, 1.165) is 5.56 Å². The molecule has 4 aliphatic rings. The number of fused-ring (bicyclic) bond motifs is 1. The first-order valence-corrected chi connectivity index (χ1v) is 27.9. The smallest absolute Gasteiger partial charge is 0.493 e. The summed E-state index contributed by atoms with van der Waals surface area (Å²) in [6.45, 7) is 19.3. The third-order valence-corrected chi connectivity index (χ3v) is 17.8. The molecule has 20 heteroatoms. The molecule has 0 bridgehead atoms. The van der Waals surface area contributed by atoms with Crippen LogP contribution in [0.3, 0.4) is 0 Å². The number of carbonyl (C=O) groups is 5. The van der Waals surface area contributed by atoms with Crippen molar-refractivity contribution in [3.05, 3.63) is 54.1 Å². The minimum Gasteiger partial charge on any atom is -0.493 e. The molecule has 0 aliphatic carbocycles. The number of benzene rings is 2. The molecule has 0 radical (unpaired) electrons. The van der Waals surface area contributed by atoms with Crippen molar-refractivity contribution in [3.8, 4) is 11.5 Å². The summed E-state index contributed by atoms with van der Waals surface area (Å²) < 4.78 is 81.7. The zero-order valence-corrected chi connectivity index (χ0v) is 49.4. The van der Waals surface area contributed by atoms with Crippen LogP contribution in [0.1, 0.15) is 107 Å². The first-order valence-electron chi connectivity index (χ1n) is 27.1. The van der Waals surface area contributed by atoms with Crippen molar-refractivity contribution in [3.63, 3.8) is 0 Å². The summed E-state index contributed by atoms with van der Waals surface area (Å²) >= 11 is 1.24. The predicted octanol–water partition coefficient (Wildman–Crippen LogP) is 8.37. The molecule has 78 heavy (non-hydrogen) atoms. The monoisotopic (exact) mass is 1120 g/mol. The Balaban J connectivity index is 1.44. The highest BCUT2D eigenvalue weighted by atomic mass is 32.2. The molecule has 0 amide bonds. The molecule has 0 N–H and O–H groups in total. The minimum atomic E-state index is -1.49. The van der Waals surface area contributed by atoms with Gasteiger partial charge in [-0.25, -0.2) is 4.79 Å². The highest BCUT2D eigenvalue weighted by molar-refractivity contribution is 8.00. The van der Waals surface area contributed by atoms with E-state index in [0.29, 0.717) is 22.8 Å². The van der Waals surface area contributed by atoms with Crippen molar-refractivity contribution in [1.82, 2.24) is 4.90 Å². The number of likely N-dealkylation sites (N-methyl/N-ethyl adjacent to an activating group) is 1. The van der Waals surface area contributed by atoms with Crippen LogP contribution < -0.4 is 9.47 Å². The van der Waals surface area contributed by atoms with E-state index < -0.39 is 125 Å². The molecule has 6 rings (SSSR count). The number of esters is 3. The Labute approximate surface area is 464 Å². The Morgan fingerprint density at radius 2 is 1.42 bits per heavy atom. The summed E-state index contributed by atoms with van der Waals surface area (Å²) in [4.78, 5) is 73.8. The van der Waals surface area contributed by atoms with E-state index >= 15 is 9.59 Å². The molecule has 0 spiro atoms. The van der Waals surface area contributed by atoms with E-state index in [9.17, 15) is 14.4 Å². The van der Waals surface area contributed by atoms with E-state index in [1.165, 1.54) is 47.1 Å². The SMILES string of the molecule is CC[C@H]1OC(=O)[C@H](C)[C@@H](O[C@H]2C[C@@](C)(OC)[C@@H](OC(=O)OCc3ccccc3)[C@H](C)O2)[C@H](C)[C@@H](O[C@@H]2O[C@H](C)C[C@H](N(C)C)[C@H]2OC(C)=O)[C@](C)(OC)C[C@@H](C)C(=O)[C@H](C)[C@H]2[C@H](Sc3ccc(OC)c(OC)c3)C(=O)O[C@@]21C. The number of ketones is 1. The number of cyclic esters (lactones) is 1. The van der Waals surface area contributed by atoms with Gasteiger partial charge < -0.3 is 66.5 Å². The van der Waals surface area contributed by atoms with Crippen LogP contribution in [0.4, 0.5) is 4.79 Å². The second-order valence-corrected chi connectivity index (χ2v) is 23.6. The maximum atomic E-state index is 15.4. The molecule has 0 unspecified atom stereocenters. The molecule has 0 saturated carbocycles. The van der Waals surface area contributed by atoms with Gasteiger partial charge >= 0.3 is 24.1 Å². The fourth-order valence-electron chi connectivity index (χ4n) is 12.3. The Morgan fingerprint density at radius 1 is 0.769 bits per heavy atom. The first-order chi connectivity index (χ1) is 36.8. The lowest BCUT2D eigenvalue weighted by atomic mass is 9.70. The van der Waals surface area contributed by atoms with Crippen molar-refractivity contribution in [2.45, 2.75) is 197 Å². The van der Waals surface area contributed by atoms with Gasteiger partial charge in [0.1, 0.15) is 29.3 Å². The van der Waals surface area contributed by atoms with Crippen LogP contribution in [-0.4, -0.2) is 161 Å². The fraction of sp³-hybridized carbons (Fsp3) is 0.707. The van der Waals surface area contributed by atoms with E-state index in [1.54, 1.807) is 46.8 Å². The maximum absolute atomic E-state index is 15.4. The van der Waals surface area contributed by atoms with Crippen LogP contribution in [0.5, 0.6) is 11.5 Å². The fourth-order valence-corrected chi connectivity index (χ4v) is 13.7. The zero-order valence-electron chi connectivity index (χ0n) is 48.6. The van der Waals surface area contributed by atoms with Gasteiger partial charge in [0.2, 0.25) is 0 Å². The second kappa shape index (κ2) is 26.4. The summed E-state index contributed by atoms with van der Waals surface area (Å²) in [5, 5.41) is -0.925. The molecule has 4 heterocycles. The van der Waals surface area contributed by atoms with Crippen molar-refractivity contribution < 1.29 is 85.6 Å². The molecule has 19 nitrogen and oxygen atoms in total. The number of methoxy groups -OCH3 is 4. The van der Waals surface area contributed by atoms with Crippen LogP contribution in [0.25, 0.3) is 0 Å². The molecular formula is C58H85NO18S. The van der Waals surface area contributed by atoms with E-state index in [1.807, 2.05) is 90.0 Å². The van der Waals surface area contributed by atoms with Gasteiger partial charge in [-0.15, -0.1) is 11.8 Å². The van der Waals surface area contributed by atoms with Gasteiger partial charge in [0.15, 0.2) is 41.9 Å². The highest BCUT2D eigenvalue weighted by Crippen LogP contribution is 2.51. The largest absolute Gasteiger partial charge is 0.509 e. The molecule has 2 aromatic rings. The lowest BCUT2D eigenvalue weighted by Gasteiger charge is -2.50. The Hall–Kier alpha value is -4.54. The Bertz CT molecular complexity index is 2380. The standard InChI is InChI=1S/C58H85NO18S/c1-18-43-58(11)45(49(53(63)77-58)78-39-24-25-41(65-14)42(27-39)66-15)33(4)46(61)31(2)28-56(9,67-16)50(75-54-48(72-37(8)60)40(59(12)13)26-32(3)70-54)34(5)47(35(6)52(62)73-43)74-44-29-57(10,68-17)51(36(7)71-44)76-55(64)69-30-38-22-20-19-21-23-38/h19-25,27,31-36,40,43-45,47-51,54H,18,26,28-30H2,1-17H3/t31-,32-,33-,34+,35-,36+,40+,43-,44+,45+,47+,48-,49+,50-,51+,54+,56-,57-,58-/m1/s1. The third kappa shape index (κ3) is 13.8. The van der Waals surface area contributed by atoms with Crippen LogP contribution in [0.2, 0.25) is 0 Å². The number of hydrogen-bond acceptors (Lipinski definition) is 20. The van der Waals surface area contributed by atoms with E-state index in [-0.39, 0.29) is 43.8 Å². The van der Waals surface area contributed by atoms with Crippen LogP contribution >= 0.6 is 11.8 Å². The molecule has 436 valence electrons. The van der Waals surface area contributed by atoms with Crippen molar-refractivity contribution >= 4 is 41.6 Å². The molecule has 4 aliphatic heterocycles. The normalized spacial score (nSPS) is 37.8. The zero-order chi connectivity index (χ0) is 57.6. The Kier molecular flexibility index (Phi) is 21.2. The summed E-state index contributed by atoms with van der Waals surface area (Å²) in [6.07, 6.45) is -8.64. The summed E-state index contributed by atoms with van der Waals surface area (Å²) in [5.74, 6) is -5.34. The quantitative estimate of drug-likeness (QED) is 0.114. The highest BCUT2D eigenvalue weighted by Gasteiger charge is 2.62. The molecular weight excluding hydrogens is 1030 g/mol. The Morgan fingerprint density at radius 3 is 2.03 bits per heavy atom. The van der Waals surface area contributed by atoms with Crippen LogP contribution in [-0.2, 0) is 77.9 Å². The van der Waals surface area contributed by atoms with Gasteiger partial charge in [-0.3, -0.25) is 19.2 Å². The number of hydrogen-bond donors (Lipinski definition) is 0. The summed E-state index contributed by atoms with van der Waals surface area (Å²) in [5.41, 5.74) is -3.28. The lowest BCUT2D eigenvalue weighted by Crippen LogP contribution is -2.62. The number of thioether (sulfide) groups is 1. The van der Waals surface area contributed by atoms with Gasteiger partial charge in [0.25, 0.3) is 0 Å². The third-order valence-electron chi connectivity index (χ3n) is 16.5. The predicted molar refractivity (Wildman–Crippen MR) is 287 cm³/mol. The minimum absolute atomic E-state index is 0.0114. The number of ether oxygens (including phenoxy) is 13. The number of Topliss-reactive ketones (excluding diaryl/α,β-unsaturated/α-hetero) is 1. The molecule has 0 aromatic heterocycles. The van der Waals surface area contributed by atoms with Crippen molar-refractivity contribution in [2.75, 3.05) is 42.5 Å². The van der Waals surface area contributed by atoms with E-state index in [2.05, 4.69) is 0 Å².